The minimum Gasteiger partial charge on any atom is -0.493 e. The third kappa shape index (κ3) is 6.11. The van der Waals surface area contributed by atoms with Gasteiger partial charge in [0.05, 0.1) is 18.9 Å². The highest BCUT2D eigenvalue weighted by molar-refractivity contribution is 7.90. The summed E-state index contributed by atoms with van der Waals surface area (Å²) < 4.78 is 38.6. The number of para-hydroxylation sites is 1. The van der Waals surface area contributed by atoms with Gasteiger partial charge in [-0.25, -0.2) is 4.31 Å². The highest BCUT2D eigenvalue weighted by atomic mass is 32.2. The molecule has 0 heterocycles. The first-order valence-electron chi connectivity index (χ1n) is 9.50. The summed E-state index contributed by atoms with van der Waals surface area (Å²) in [5.74, 6) is 0.761. The molecule has 0 radical (unpaired) electrons. The number of rotatable bonds is 10. The van der Waals surface area contributed by atoms with Gasteiger partial charge in [-0.05, 0) is 43.7 Å². The predicted molar refractivity (Wildman–Crippen MR) is 117 cm³/mol. The summed E-state index contributed by atoms with van der Waals surface area (Å²) in [5, 5.41) is 2.76. The van der Waals surface area contributed by atoms with Crippen molar-refractivity contribution in [2.24, 2.45) is 0 Å². The summed E-state index contributed by atoms with van der Waals surface area (Å²) in [7, 11) is 0.575. The summed E-state index contributed by atoms with van der Waals surface area (Å²) in [4.78, 5) is 12.5. The normalized spacial score (nSPS) is 11.4. The molecule has 1 N–H and O–H groups in total. The molecule has 0 fully saturated rings. The molecule has 0 saturated heterocycles. The Balaban J connectivity index is 2.11. The standard InChI is InChI=1S/C21H29N3O5S/c1-16(2)29-19-12-11-17(13-20(19)28-5)14-22-21(25)15-24(30(26,27)23(3)4)18-9-7-6-8-10-18/h6-13,16H,14-15H2,1-5H3,(H,22,25). The Labute approximate surface area is 178 Å². The second-order valence-corrected chi connectivity index (χ2v) is 9.13. The van der Waals surface area contributed by atoms with Gasteiger partial charge in [-0.1, -0.05) is 24.3 Å². The molecule has 0 spiro atoms. The lowest BCUT2D eigenvalue weighted by atomic mass is 10.2. The van der Waals surface area contributed by atoms with Crippen LogP contribution in [0.2, 0.25) is 0 Å². The lowest BCUT2D eigenvalue weighted by Gasteiger charge is -2.26. The van der Waals surface area contributed by atoms with Gasteiger partial charge in [-0.15, -0.1) is 0 Å². The van der Waals surface area contributed by atoms with Crippen molar-refractivity contribution in [1.29, 1.82) is 0 Å². The van der Waals surface area contributed by atoms with Crippen LogP contribution in [-0.2, 0) is 21.5 Å². The van der Waals surface area contributed by atoms with Crippen molar-refractivity contribution in [1.82, 2.24) is 9.62 Å². The smallest absolute Gasteiger partial charge is 0.304 e. The number of ether oxygens (including phenoxy) is 2. The summed E-state index contributed by atoms with van der Waals surface area (Å²) in [6, 6.07) is 13.9. The Morgan fingerprint density at radius 2 is 1.73 bits per heavy atom. The molecule has 0 aliphatic rings. The van der Waals surface area contributed by atoms with Gasteiger partial charge >= 0.3 is 10.2 Å². The van der Waals surface area contributed by atoms with Crippen LogP contribution in [0.1, 0.15) is 19.4 Å². The van der Waals surface area contributed by atoms with Crippen molar-refractivity contribution >= 4 is 21.8 Å². The molecule has 0 aromatic heterocycles. The van der Waals surface area contributed by atoms with E-state index in [0.717, 1.165) is 14.2 Å². The third-order valence-corrected chi connectivity index (χ3v) is 5.97. The van der Waals surface area contributed by atoms with E-state index in [1.807, 2.05) is 19.9 Å². The maximum atomic E-state index is 12.7. The quantitative estimate of drug-likeness (QED) is 0.619. The SMILES string of the molecule is COc1cc(CNC(=O)CN(c2ccccc2)S(=O)(=O)N(C)C)ccc1OC(C)C. The van der Waals surface area contributed by atoms with Crippen LogP contribution in [0.5, 0.6) is 11.5 Å². The van der Waals surface area contributed by atoms with E-state index in [1.165, 1.54) is 14.1 Å². The lowest BCUT2D eigenvalue weighted by molar-refractivity contribution is -0.119. The van der Waals surface area contributed by atoms with Crippen molar-refractivity contribution in [2.45, 2.75) is 26.5 Å². The van der Waals surface area contributed by atoms with Crippen LogP contribution >= 0.6 is 0 Å². The van der Waals surface area contributed by atoms with E-state index in [9.17, 15) is 13.2 Å². The Kier molecular flexibility index (Phi) is 8.08. The number of carbonyl (C=O) groups excluding carboxylic acids is 1. The van der Waals surface area contributed by atoms with Crippen LogP contribution in [0.4, 0.5) is 5.69 Å². The van der Waals surface area contributed by atoms with Crippen LogP contribution in [0.15, 0.2) is 48.5 Å². The largest absolute Gasteiger partial charge is 0.493 e. The van der Waals surface area contributed by atoms with E-state index in [2.05, 4.69) is 5.32 Å². The van der Waals surface area contributed by atoms with E-state index in [-0.39, 0.29) is 19.2 Å². The first-order chi connectivity index (χ1) is 14.1. The van der Waals surface area contributed by atoms with Crippen LogP contribution in [0, 0.1) is 0 Å². The van der Waals surface area contributed by atoms with Gasteiger partial charge in [0.15, 0.2) is 11.5 Å². The third-order valence-electron chi connectivity index (χ3n) is 4.15. The number of amides is 1. The van der Waals surface area contributed by atoms with Crippen molar-refractivity contribution in [3.63, 3.8) is 0 Å². The first-order valence-corrected chi connectivity index (χ1v) is 10.9. The molecule has 0 aliphatic carbocycles. The fourth-order valence-corrected chi connectivity index (χ4v) is 3.72. The zero-order chi connectivity index (χ0) is 22.3. The molecule has 9 heteroatoms. The molecule has 164 valence electrons. The molecule has 2 rings (SSSR count). The maximum absolute atomic E-state index is 12.7. The summed E-state index contributed by atoms with van der Waals surface area (Å²) in [6.45, 7) is 3.74. The minimum atomic E-state index is -3.83. The molecule has 30 heavy (non-hydrogen) atoms. The Bertz CT molecular complexity index is 946. The van der Waals surface area contributed by atoms with Crippen molar-refractivity contribution in [3.8, 4) is 11.5 Å². The maximum Gasteiger partial charge on any atom is 0.304 e. The van der Waals surface area contributed by atoms with Crippen LogP contribution < -0.4 is 19.1 Å². The summed E-state index contributed by atoms with van der Waals surface area (Å²) in [6.07, 6.45) is 0.00654. The van der Waals surface area contributed by atoms with E-state index in [4.69, 9.17) is 9.47 Å². The molecular formula is C21H29N3O5S. The number of benzene rings is 2. The van der Waals surface area contributed by atoms with E-state index < -0.39 is 16.1 Å². The van der Waals surface area contributed by atoms with Gasteiger partial charge in [-0.3, -0.25) is 4.79 Å². The van der Waals surface area contributed by atoms with Gasteiger partial charge in [0.2, 0.25) is 5.91 Å². The molecule has 2 aromatic carbocycles. The monoisotopic (exact) mass is 435 g/mol. The fraction of sp³-hybridized carbons (Fsp3) is 0.381. The second-order valence-electron chi connectivity index (χ2n) is 7.06. The predicted octanol–water partition coefficient (Wildman–Crippen LogP) is 2.41. The fourth-order valence-electron chi connectivity index (χ4n) is 2.66. The second kappa shape index (κ2) is 10.3. The molecule has 0 aliphatic heterocycles. The number of nitrogens with zero attached hydrogens (tertiary/aromatic N) is 2. The molecule has 8 nitrogen and oxygen atoms in total. The van der Waals surface area contributed by atoms with Gasteiger partial charge in [0, 0.05) is 20.6 Å². The summed E-state index contributed by atoms with van der Waals surface area (Å²) >= 11 is 0. The van der Waals surface area contributed by atoms with Crippen LogP contribution in [0.3, 0.4) is 0 Å². The summed E-state index contributed by atoms with van der Waals surface area (Å²) in [5.41, 5.74) is 1.22. The topological polar surface area (TPSA) is 88.2 Å². The highest BCUT2D eigenvalue weighted by Crippen LogP contribution is 2.29. The molecule has 0 saturated carbocycles. The number of carbonyl (C=O) groups is 1. The van der Waals surface area contributed by atoms with E-state index >= 15 is 0 Å². The molecule has 2 aromatic rings. The number of anilines is 1. The average molecular weight is 436 g/mol. The van der Waals surface area contributed by atoms with Gasteiger partial charge < -0.3 is 14.8 Å². The zero-order valence-electron chi connectivity index (χ0n) is 18.0. The number of methoxy groups -OCH3 is 1. The highest BCUT2D eigenvalue weighted by Gasteiger charge is 2.27. The number of nitrogens with one attached hydrogen (secondary N) is 1. The number of hydrogen-bond acceptors (Lipinski definition) is 5. The Morgan fingerprint density at radius 3 is 2.30 bits per heavy atom. The molecule has 0 atom stereocenters. The zero-order valence-corrected chi connectivity index (χ0v) is 18.8. The van der Waals surface area contributed by atoms with Crippen molar-refractivity contribution in [2.75, 3.05) is 32.1 Å². The van der Waals surface area contributed by atoms with Gasteiger partial charge in [0.1, 0.15) is 6.54 Å². The minimum absolute atomic E-state index is 0.00654. The average Bonchev–Trinajstić information content (AvgIpc) is 2.71. The molecular weight excluding hydrogens is 406 g/mol. The Hall–Kier alpha value is -2.78. The lowest BCUT2D eigenvalue weighted by Crippen LogP contribution is -2.45. The van der Waals surface area contributed by atoms with Crippen LogP contribution in [-0.4, -0.2) is 52.5 Å². The molecule has 0 bridgehead atoms. The molecule has 0 unspecified atom stereocenters. The van der Waals surface area contributed by atoms with Gasteiger partial charge in [-0.2, -0.15) is 12.7 Å². The van der Waals surface area contributed by atoms with Gasteiger partial charge in [0.25, 0.3) is 0 Å². The van der Waals surface area contributed by atoms with Crippen molar-refractivity contribution < 1.29 is 22.7 Å². The first kappa shape index (κ1) is 23.5. The van der Waals surface area contributed by atoms with Crippen molar-refractivity contribution in [3.05, 3.63) is 54.1 Å². The van der Waals surface area contributed by atoms with E-state index in [0.29, 0.717) is 17.2 Å². The Morgan fingerprint density at radius 1 is 1.07 bits per heavy atom. The molecule has 1 amide bonds. The van der Waals surface area contributed by atoms with E-state index in [1.54, 1.807) is 49.6 Å². The number of hydrogen-bond donors (Lipinski definition) is 1. The van der Waals surface area contributed by atoms with Crippen LogP contribution in [0.25, 0.3) is 0 Å².